The summed E-state index contributed by atoms with van der Waals surface area (Å²) < 4.78 is 4.61. The van der Waals surface area contributed by atoms with Crippen molar-refractivity contribution >= 4 is 23.2 Å². The summed E-state index contributed by atoms with van der Waals surface area (Å²) in [4.78, 5) is 15.3. The van der Waals surface area contributed by atoms with Gasteiger partial charge in [-0.1, -0.05) is 12.1 Å². The Labute approximate surface area is 111 Å². The Morgan fingerprint density at radius 3 is 2.68 bits per heavy atom. The predicted molar refractivity (Wildman–Crippen MR) is 74.1 cm³/mol. The Kier molecular flexibility index (Phi) is 3.97. The van der Waals surface area contributed by atoms with Crippen LogP contribution in [0.5, 0.6) is 0 Å². The molecule has 98 valence electrons. The minimum atomic E-state index is -0.255. The van der Waals surface area contributed by atoms with Crippen molar-refractivity contribution in [1.82, 2.24) is 4.98 Å². The number of carbonyl (C=O) groups excluding carboxylic acids is 1. The average Bonchev–Trinajstić information content (AvgIpc) is 2.43. The number of benzene rings is 1. The maximum atomic E-state index is 11.1. The SMILES string of the molecule is COC(=O)Cc1ccc(Nc2ncccc2N)cc1. The normalized spacial score (nSPS) is 9.95. The number of nitrogens with zero attached hydrogens (tertiary/aromatic N) is 1. The Hall–Kier alpha value is -2.56. The smallest absolute Gasteiger partial charge is 0.309 e. The van der Waals surface area contributed by atoms with Gasteiger partial charge in [0.25, 0.3) is 0 Å². The molecule has 0 bridgehead atoms. The maximum Gasteiger partial charge on any atom is 0.309 e. The molecule has 1 aromatic carbocycles. The molecule has 0 saturated heterocycles. The minimum absolute atomic E-state index is 0.255. The van der Waals surface area contributed by atoms with Crippen LogP contribution in [0.1, 0.15) is 5.56 Å². The summed E-state index contributed by atoms with van der Waals surface area (Å²) in [5.41, 5.74) is 8.14. The van der Waals surface area contributed by atoms with Crippen molar-refractivity contribution in [3.8, 4) is 0 Å². The lowest BCUT2D eigenvalue weighted by molar-refractivity contribution is -0.139. The highest BCUT2D eigenvalue weighted by molar-refractivity contribution is 5.73. The van der Waals surface area contributed by atoms with Crippen molar-refractivity contribution in [3.63, 3.8) is 0 Å². The molecule has 0 radical (unpaired) electrons. The van der Waals surface area contributed by atoms with Crippen molar-refractivity contribution in [2.45, 2.75) is 6.42 Å². The summed E-state index contributed by atoms with van der Waals surface area (Å²) in [6.45, 7) is 0. The first-order valence-corrected chi connectivity index (χ1v) is 5.82. The molecule has 5 heteroatoms. The molecule has 0 atom stereocenters. The van der Waals surface area contributed by atoms with Crippen LogP contribution in [0.3, 0.4) is 0 Å². The van der Waals surface area contributed by atoms with Crippen LogP contribution in [-0.4, -0.2) is 18.1 Å². The highest BCUT2D eigenvalue weighted by atomic mass is 16.5. The van der Waals surface area contributed by atoms with Crippen LogP contribution in [-0.2, 0) is 16.0 Å². The summed E-state index contributed by atoms with van der Waals surface area (Å²) >= 11 is 0. The van der Waals surface area contributed by atoms with E-state index in [2.05, 4.69) is 15.0 Å². The van der Waals surface area contributed by atoms with Crippen molar-refractivity contribution in [3.05, 3.63) is 48.2 Å². The van der Waals surface area contributed by atoms with Gasteiger partial charge in [-0.3, -0.25) is 4.79 Å². The van der Waals surface area contributed by atoms with Gasteiger partial charge in [-0.05, 0) is 29.8 Å². The third-order valence-electron chi connectivity index (χ3n) is 2.63. The van der Waals surface area contributed by atoms with Gasteiger partial charge >= 0.3 is 5.97 Å². The third-order valence-corrected chi connectivity index (χ3v) is 2.63. The maximum absolute atomic E-state index is 11.1. The van der Waals surface area contributed by atoms with Gasteiger partial charge in [-0.2, -0.15) is 0 Å². The van der Waals surface area contributed by atoms with E-state index in [-0.39, 0.29) is 12.4 Å². The van der Waals surface area contributed by atoms with Crippen LogP contribution in [0.2, 0.25) is 0 Å². The summed E-state index contributed by atoms with van der Waals surface area (Å²) in [7, 11) is 1.38. The van der Waals surface area contributed by atoms with Gasteiger partial charge in [0.05, 0.1) is 19.2 Å². The molecule has 1 heterocycles. The van der Waals surface area contributed by atoms with Crippen LogP contribution in [0.25, 0.3) is 0 Å². The summed E-state index contributed by atoms with van der Waals surface area (Å²) in [6.07, 6.45) is 1.94. The van der Waals surface area contributed by atoms with E-state index in [4.69, 9.17) is 5.73 Å². The van der Waals surface area contributed by atoms with Gasteiger partial charge in [0.2, 0.25) is 0 Å². The van der Waals surface area contributed by atoms with Crippen LogP contribution in [0.15, 0.2) is 42.6 Å². The topological polar surface area (TPSA) is 77.2 Å². The van der Waals surface area contributed by atoms with E-state index in [1.54, 1.807) is 18.3 Å². The number of nitrogens with one attached hydrogen (secondary N) is 1. The molecular formula is C14H15N3O2. The minimum Gasteiger partial charge on any atom is -0.469 e. The molecule has 0 aliphatic rings. The number of anilines is 3. The summed E-state index contributed by atoms with van der Waals surface area (Å²) in [5.74, 6) is 0.359. The molecule has 0 unspecified atom stereocenters. The number of nitrogens with two attached hydrogens (primary N) is 1. The quantitative estimate of drug-likeness (QED) is 0.820. The number of esters is 1. The van der Waals surface area contributed by atoms with Gasteiger partial charge in [-0.15, -0.1) is 0 Å². The molecule has 0 amide bonds. The molecule has 0 aliphatic carbocycles. The van der Waals surface area contributed by atoms with Crippen molar-refractivity contribution in [1.29, 1.82) is 0 Å². The van der Waals surface area contributed by atoms with Gasteiger partial charge in [-0.25, -0.2) is 4.98 Å². The highest BCUT2D eigenvalue weighted by Gasteiger charge is 2.03. The van der Waals surface area contributed by atoms with E-state index >= 15 is 0 Å². The first kappa shape index (κ1) is 12.9. The van der Waals surface area contributed by atoms with E-state index in [1.165, 1.54) is 7.11 Å². The molecule has 2 aromatic rings. The summed E-state index contributed by atoms with van der Waals surface area (Å²) in [6, 6.07) is 11.0. The predicted octanol–water partition coefficient (Wildman–Crippen LogP) is 2.12. The van der Waals surface area contributed by atoms with Crippen molar-refractivity contribution < 1.29 is 9.53 Å². The lowest BCUT2D eigenvalue weighted by Crippen LogP contribution is -2.04. The van der Waals surface area contributed by atoms with Gasteiger partial charge in [0.15, 0.2) is 5.82 Å². The Morgan fingerprint density at radius 2 is 2.05 bits per heavy atom. The van der Waals surface area contributed by atoms with Crippen molar-refractivity contribution in [2.24, 2.45) is 0 Å². The van der Waals surface area contributed by atoms with Gasteiger partial charge in [0, 0.05) is 11.9 Å². The average molecular weight is 257 g/mol. The molecule has 5 nitrogen and oxygen atoms in total. The van der Waals surface area contributed by atoms with E-state index < -0.39 is 0 Å². The van der Waals surface area contributed by atoms with Crippen molar-refractivity contribution in [2.75, 3.05) is 18.2 Å². The van der Waals surface area contributed by atoms with E-state index in [0.717, 1.165) is 11.3 Å². The molecule has 0 saturated carbocycles. The summed E-state index contributed by atoms with van der Waals surface area (Å²) in [5, 5.41) is 3.11. The van der Waals surface area contributed by atoms with Gasteiger partial charge < -0.3 is 15.8 Å². The fourth-order valence-electron chi connectivity index (χ4n) is 1.60. The molecule has 19 heavy (non-hydrogen) atoms. The zero-order valence-corrected chi connectivity index (χ0v) is 10.6. The molecule has 2 rings (SSSR count). The number of pyridine rings is 1. The second-order valence-corrected chi connectivity index (χ2v) is 4.02. The standard InChI is InChI=1S/C14H15N3O2/c1-19-13(18)9-10-4-6-11(7-5-10)17-14-12(15)3-2-8-16-14/h2-8H,9,15H2,1H3,(H,16,17). The second kappa shape index (κ2) is 5.86. The molecule has 1 aromatic heterocycles. The number of hydrogen-bond acceptors (Lipinski definition) is 5. The fourth-order valence-corrected chi connectivity index (χ4v) is 1.60. The number of methoxy groups -OCH3 is 1. The molecule has 0 spiro atoms. The highest BCUT2D eigenvalue weighted by Crippen LogP contribution is 2.20. The Bertz CT molecular complexity index is 567. The third kappa shape index (κ3) is 3.45. The van der Waals surface area contributed by atoms with Crippen LogP contribution < -0.4 is 11.1 Å². The number of ether oxygens (including phenoxy) is 1. The van der Waals surface area contributed by atoms with Crippen LogP contribution in [0, 0.1) is 0 Å². The Morgan fingerprint density at radius 1 is 1.32 bits per heavy atom. The number of hydrogen-bond donors (Lipinski definition) is 2. The van der Waals surface area contributed by atoms with E-state index in [1.807, 2.05) is 24.3 Å². The van der Waals surface area contributed by atoms with E-state index in [0.29, 0.717) is 11.5 Å². The zero-order chi connectivity index (χ0) is 13.7. The van der Waals surface area contributed by atoms with Gasteiger partial charge in [0.1, 0.15) is 0 Å². The monoisotopic (exact) mass is 257 g/mol. The number of rotatable bonds is 4. The molecule has 0 aliphatic heterocycles. The largest absolute Gasteiger partial charge is 0.469 e. The first-order chi connectivity index (χ1) is 9.19. The Balaban J connectivity index is 2.07. The lowest BCUT2D eigenvalue weighted by Gasteiger charge is -2.08. The zero-order valence-electron chi connectivity index (χ0n) is 10.6. The number of aromatic nitrogens is 1. The fraction of sp³-hybridized carbons (Fsp3) is 0.143. The second-order valence-electron chi connectivity index (χ2n) is 4.02. The van der Waals surface area contributed by atoms with Crippen LogP contribution in [0.4, 0.5) is 17.2 Å². The molecule has 0 fully saturated rings. The number of carbonyl (C=O) groups is 1. The first-order valence-electron chi connectivity index (χ1n) is 5.82. The molecular weight excluding hydrogens is 242 g/mol. The lowest BCUT2D eigenvalue weighted by atomic mass is 10.1. The van der Waals surface area contributed by atoms with E-state index in [9.17, 15) is 4.79 Å². The number of nitrogen functional groups attached to an aromatic ring is 1. The van der Waals surface area contributed by atoms with Crippen LogP contribution >= 0.6 is 0 Å². The molecule has 3 N–H and O–H groups in total.